The Kier molecular flexibility index (Phi) is 3.57. The molecule has 0 unspecified atom stereocenters. The lowest BCUT2D eigenvalue weighted by atomic mass is 9.98. The van der Waals surface area contributed by atoms with Crippen LogP contribution in [0.15, 0.2) is 53.5 Å². The van der Waals surface area contributed by atoms with Gasteiger partial charge in [0.15, 0.2) is 0 Å². The van der Waals surface area contributed by atoms with Crippen molar-refractivity contribution in [2.24, 2.45) is 0 Å². The van der Waals surface area contributed by atoms with E-state index in [1.54, 1.807) is 23.6 Å². The molecule has 2 aromatic carbocycles. The maximum absolute atomic E-state index is 13.9. The summed E-state index contributed by atoms with van der Waals surface area (Å²) in [4.78, 5) is 12.8. The molecule has 0 saturated carbocycles. The quantitative estimate of drug-likeness (QED) is 0.679. The summed E-state index contributed by atoms with van der Waals surface area (Å²) < 4.78 is 15.4. The molecule has 0 saturated heterocycles. The fourth-order valence-electron chi connectivity index (χ4n) is 2.81. The molecule has 3 rings (SSSR count). The topological polar surface area (TPSA) is 22.0 Å². The summed E-state index contributed by atoms with van der Waals surface area (Å²) in [6, 6.07) is 12.4. The molecule has 0 aliphatic heterocycles. The summed E-state index contributed by atoms with van der Waals surface area (Å²) in [6.45, 7) is 5.88. The number of halogens is 1. The predicted octanol–water partition coefficient (Wildman–Crippen LogP) is 4.56. The Morgan fingerprint density at radius 1 is 1.00 bits per heavy atom. The molecule has 0 radical (unpaired) electrons. The van der Waals surface area contributed by atoms with Crippen LogP contribution in [0.4, 0.5) is 4.39 Å². The highest BCUT2D eigenvalue weighted by Gasteiger charge is 2.14. The summed E-state index contributed by atoms with van der Waals surface area (Å²) in [5.74, 6) is -0.0331. The number of fused-ring (bicyclic) bond motifs is 1. The van der Waals surface area contributed by atoms with Gasteiger partial charge in [0.1, 0.15) is 5.82 Å². The molecule has 1 aromatic heterocycles. The van der Waals surface area contributed by atoms with Gasteiger partial charge in [-0.2, -0.15) is 0 Å². The molecule has 112 valence electrons. The van der Waals surface area contributed by atoms with Gasteiger partial charge in [-0.25, -0.2) is 4.39 Å². The second-order valence-electron chi connectivity index (χ2n) is 5.84. The third kappa shape index (κ3) is 2.23. The number of hydrogen-bond acceptors (Lipinski definition) is 1. The number of aromatic nitrogens is 1. The van der Waals surface area contributed by atoms with E-state index in [9.17, 15) is 9.18 Å². The van der Waals surface area contributed by atoms with Crippen LogP contribution in [0.25, 0.3) is 16.5 Å². The van der Waals surface area contributed by atoms with E-state index in [1.807, 2.05) is 30.5 Å². The van der Waals surface area contributed by atoms with Gasteiger partial charge < -0.3 is 0 Å². The average molecular weight is 295 g/mol. The van der Waals surface area contributed by atoms with Gasteiger partial charge in [-0.15, -0.1) is 0 Å². The first kappa shape index (κ1) is 14.5. The minimum atomic E-state index is -0.302. The molecule has 0 N–H and O–H groups in total. The molecule has 0 aliphatic rings. The van der Waals surface area contributed by atoms with Crippen molar-refractivity contribution in [2.45, 2.75) is 26.7 Å². The summed E-state index contributed by atoms with van der Waals surface area (Å²) in [5.41, 5.74) is 2.04. The number of rotatable bonds is 2. The molecule has 3 heteroatoms. The molecule has 0 fully saturated rings. The first-order valence-corrected chi connectivity index (χ1v) is 7.40. The third-order valence-corrected chi connectivity index (χ3v) is 4.08. The van der Waals surface area contributed by atoms with Crippen LogP contribution in [0, 0.1) is 12.7 Å². The molecular formula is C19H18FNO. The van der Waals surface area contributed by atoms with Crippen LogP contribution in [0.2, 0.25) is 0 Å². The van der Waals surface area contributed by atoms with Crippen molar-refractivity contribution >= 4 is 10.8 Å². The van der Waals surface area contributed by atoms with E-state index in [0.29, 0.717) is 16.6 Å². The molecule has 0 bridgehead atoms. The highest BCUT2D eigenvalue weighted by atomic mass is 19.1. The van der Waals surface area contributed by atoms with Crippen LogP contribution < -0.4 is 5.56 Å². The molecule has 0 aliphatic carbocycles. The summed E-state index contributed by atoms with van der Waals surface area (Å²) >= 11 is 0. The second kappa shape index (κ2) is 5.41. The van der Waals surface area contributed by atoms with Gasteiger partial charge in [0, 0.05) is 17.1 Å². The van der Waals surface area contributed by atoms with E-state index in [1.165, 1.54) is 6.07 Å². The Labute approximate surface area is 128 Å². The van der Waals surface area contributed by atoms with Crippen molar-refractivity contribution in [1.29, 1.82) is 0 Å². The van der Waals surface area contributed by atoms with E-state index >= 15 is 0 Å². The minimum Gasteiger partial charge on any atom is -0.283 e. The van der Waals surface area contributed by atoms with Crippen molar-refractivity contribution in [1.82, 2.24) is 4.57 Å². The van der Waals surface area contributed by atoms with E-state index < -0.39 is 0 Å². The largest absolute Gasteiger partial charge is 0.283 e. The molecule has 2 nitrogen and oxygen atoms in total. The zero-order valence-electron chi connectivity index (χ0n) is 12.9. The molecule has 1 heterocycles. The molecular weight excluding hydrogens is 277 g/mol. The normalized spacial score (nSPS) is 11.3. The zero-order chi connectivity index (χ0) is 15.9. The number of pyridine rings is 1. The van der Waals surface area contributed by atoms with Crippen molar-refractivity contribution in [3.63, 3.8) is 0 Å². The Morgan fingerprint density at radius 3 is 2.36 bits per heavy atom. The molecule has 22 heavy (non-hydrogen) atoms. The highest BCUT2D eigenvalue weighted by molar-refractivity contribution is 5.85. The second-order valence-corrected chi connectivity index (χ2v) is 5.84. The standard InChI is InChI=1S/C19H18FNO/c1-12(2)16-11-21(18-10-6-9-17(20)13(18)3)19(22)15-8-5-4-7-14(15)16/h4-12H,1-3H3. The smallest absolute Gasteiger partial charge is 0.262 e. The molecule has 0 spiro atoms. The Bertz CT molecular complexity index is 909. The lowest BCUT2D eigenvalue weighted by molar-refractivity contribution is 0.616. The predicted molar refractivity (Wildman–Crippen MR) is 88.3 cm³/mol. The molecule has 0 atom stereocenters. The SMILES string of the molecule is Cc1c(F)cccc1-n1cc(C(C)C)c2ccccc2c1=O. The first-order chi connectivity index (χ1) is 10.5. The highest BCUT2D eigenvalue weighted by Crippen LogP contribution is 2.25. The van der Waals surface area contributed by atoms with Crippen LogP contribution in [0.3, 0.4) is 0 Å². The monoisotopic (exact) mass is 295 g/mol. The van der Waals surface area contributed by atoms with Crippen LogP contribution in [0.1, 0.15) is 30.9 Å². The average Bonchev–Trinajstić information content (AvgIpc) is 2.51. The fourth-order valence-corrected chi connectivity index (χ4v) is 2.81. The van der Waals surface area contributed by atoms with E-state index in [-0.39, 0.29) is 17.3 Å². The van der Waals surface area contributed by atoms with E-state index in [0.717, 1.165) is 10.9 Å². The van der Waals surface area contributed by atoms with Crippen LogP contribution >= 0.6 is 0 Å². The van der Waals surface area contributed by atoms with Crippen molar-refractivity contribution in [2.75, 3.05) is 0 Å². The minimum absolute atomic E-state index is 0.117. The summed E-state index contributed by atoms with van der Waals surface area (Å²) in [6.07, 6.45) is 1.84. The maximum atomic E-state index is 13.9. The summed E-state index contributed by atoms with van der Waals surface area (Å²) in [7, 11) is 0. The zero-order valence-corrected chi connectivity index (χ0v) is 12.9. The van der Waals surface area contributed by atoms with Crippen LogP contribution in [0.5, 0.6) is 0 Å². The Hall–Kier alpha value is -2.42. The van der Waals surface area contributed by atoms with Gasteiger partial charge in [0.25, 0.3) is 5.56 Å². The maximum Gasteiger partial charge on any atom is 0.262 e. The van der Waals surface area contributed by atoms with Gasteiger partial charge >= 0.3 is 0 Å². The van der Waals surface area contributed by atoms with Gasteiger partial charge in [-0.3, -0.25) is 9.36 Å². The van der Waals surface area contributed by atoms with Crippen molar-refractivity contribution in [3.8, 4) is 5.69 Å². The lowest BCUT2D eigenvalue weighted by Crippen LogP contribution is -2.20. The first-order valence-electron chi connectivity index (χ1n) is 7.40. The third-order valence-electron chi connectivity index (χ3n) is 4.08. The Morgan fingerprint density at radius 2 is 1.68 bits per heavy atom. The molecule has 3 aromatic rings. The number of nitrogens with zero attached hydrogens (tertiary/aromatic N) is 1. The van der Waals surface area contributed by atoms with E-state index in [2.05, 4.69) is 13.8 Å². The van der Waals surface area contributed by atoms with E-state index in [4.69, 9.17) is 0 Å². The molecule has 0 amide bonds. The van der Waals surface area contributed by atoms with Gasteiger partial charge in [0.05, 0.1) is 5.69 Å². The van der Waals surface area contributed by atoms with Gasteiger partial charge in [0.2, 0.25) is 0 Å². The van der Waals surface area contributed by atoms with Crippen LogP contribution in [-0.4, -0.2) is 4.57 Å². The van der Waals surface area contributed by atoms with Crippen molar-refractivity contribution < 1.29 is 4.39 Å². The lowest BCUT2D eigenvalue weighted by Gasteiger charge is -2.16. The van der Waals surface area contributed by atoms with Gasteiger partial charge in [-0.1, -0.05) is 38.1 Å². The summed E-state index contributed by atoms with van der Waals surface area (Å²) in [5, 5.41) is 1.63. The Balaban J connectivity index is 2.43. The van der Waals surface area contributed by atoms with Crippen LogP contribution in [-0.2, 0) is 0 Å². The van der Waals surface area contributed by atoms with Crippen molar-refractivity contribution in [3.05, 3.63) is 76.0 Å². The number of hydrogen-bond donors (Lipinski definition) is 0. The van der Waals surface area contributed by atoms with Gasteiger partial charge in [-0.05, 0) is 42.0 Å². The fraction of sp³-hybridized carbons (Fsp3) is 0.211. The number of benzene rings is 2.